The van der Waals surface area contributed by atoms with Crippen molar-refractivity contribution >= 4 is 11.7 Å². The molecular formula is C20H24N2O. The number of carbonyl (C=O) groups excluding carboxylic acids is 1. The Balaban J connectivity index is 1.71. The monoisotopic (exact) mass is 308 g/mol. The van der Waals surface area contributed by atoms with Gasteiger partial charge in [0.25, 0.3) is 0 Å². The van der Waals surface area contributed by atoms with Crippen LogP contribution in [0, 0.1) is 6.92 Å². The second-order valence-corrected chi connectivity index (χ2v) is 6.24. The van der Waals surface area contributed by atoms with E-state index in [0.717, 1.165) is 31.5 Å². The first-order valence-corrected chi connectivity index (χ1v) is 8.40. The van der Waals surface area contributed by atoms with Crippen LogP contribution < -0.4 is 5.32 Å². The van der Waals surface area contributed by atoms with Crippen LogP contribution in [0.25, 0.3) is 0 Å². The summed E-state index contributed by atoms with van der Waals surface area (Å²) in [7, 11) is 0. The van der Waals surface area contributed by atoms with Gasteiger partial charge in [0.2, 0.25) is 0 Å². The van der Waals surface area contributed by atoms with E-state index in [1.807, 2.05) is 17.0 Å². The lowest BCUT2D eigenvalue weighted by Crippen LogP contribution is -2.34. The molecule has 0 aromatic heterocycles. The van der Waals surface area contributed by atoms with Crippen molar-refractivity contribution in [1.82, 2.24) is 4.90 Å². The Hall–Kier alpha value is -2.29. The molecular weight excluding hydrogens is 284 g/mol. The number of likely N-dealkylation sites (tertiary alicyclic amines) is 1. The second kappa shape index (κ2) is 6.86. The van der Waals surface area contributed by atoms with Crippen LogP contribution in [0.2, 0.25) is 0 Å². The van der Waals surface area contributed by atoms with E-state index in [9.17, 15) is 4.79 Å². The third-order valence-electron chi connectivity index (χ3n) is 4.59. The standard InChI is InChI=1S/C20H24N2O/c1-3-16-8-12-18(13-9-16)21-20(23)22-14-4-5-19(22)17-10-6-15(2)7-11-17/h6-13,19H,3-5,14H2,1-2H3,(H,21,23). The molecule has 2 aromatic rings. The second-order valence-electron chi connectivity index (χ2n) is 6.24. The van der Waals surface area contributed by atoms with E-state index < -0.39 is 0 Å². The highest BCUT2D eigenvalue weighted by Crippen LogP contribution is 2.32. The Bertz CT molecular complexity index is 661. The number of amides is 2. The minimum absolute atomic E-state index is 0.00248. The van der Waals surface area contributed by atoms with Crippen molar-refractivity contribution in [3.05, 3.63) is 65.2 Å². The highest BCUT2D eigenvalue weighted by molar-refractivity contribution is 5.89. The molecule has 1 aliphatic heterocycles. The molecule has 23 heavy (non-hydrogen) atoms. The summed E-state index contributed by atoms with van der Waals surface area (Å²) in [6, 6.07) is 16.8. The summed E-state index contributed by atoms with van der Waals surface area (Å²) in [4.78, 5) is 14.6. The van der Waals surface area contributed by atoms with Crippen LogP contribution >= 0.6 is 0 Å². The highest BCUT2D eigenvalue weighted by Gasteiger charge is 2.29. The molecule has 3 heteroatoms. The van der Waals surface area contributed by atoms with Crippen LogP contribution in [-0.2, 0) is 6.42 Å². The first kappa shape index (κ1) is 15.6. The van der Waals surface area contributed by atoms with Crippen molar-refractivity contribution in [3.63, 3.8) is 0 Å². The molecule has 3 rings (SSSR count). The molecule has 0 spiro atoms. The lowest BCUT2D eigenvalue weighted by molar-refractivity contribution is 0.207. The van der Waals surface area contributed by atoms with E-state index in [-0.39, 0.29) is 12.1 Å². The number of benzene rings is 2. The zero-order valence-corrected chi connectivity index (χ0v) is 13.9. The molecule has 0 bridgehead atoms. The average Bonchev–Trinajstić information content (AvgIpc) is 3.06. The first-order chi connectivity index (χ1) is 11.2. The van der Waals surface area contributed by atoms with E-state index >= 15 is 0 Å². The number of nitrogens with one attached hydrogen (secondary N) is 1. The Morgan fingerprint density at radius 3 is 2.48 bits per heavy atom. The molecule has 2 aromatic carbocycles. The zero-order valence-electron chi connectivity index (χ0n) is 13.9. The van der Waals surface area contributed by atoms with E-state index in [1.165, 1.54) is 16.7 Å². The maximum absolute atomic E-state index is 12.6. The van der Waals surface area contributed by atoms with Gasteiger partial charge in [0.1, 0.15) is 0 Å². The zero-order chi connectivity index (χ0) is 16.2. The van der Waals surface area contributed by atoms with Gasteiger partial charge in [0.15, 0.2) is 0 Å². The van der Waals surface area contributed by atoms with Crippen molar-refractivity contribution in [2.45, 2.75) is 39.2 Å². The van der Waals surface area contributed by atoms with Gasteiger partial charge >= 0.3 is 6.03 Å². The van der Waals surface area contributed by atoms with Crippen LogP contribution in [0.1, 0.15) is 42.5 Å². The van der Waals surface area contributed by atoms with Crippen LogP contribution in [0.3, 0.4) is 0 Å². The minimum atomic E-state index is -0.00248. The van der Waals surface area contributed by atoms with E-state index in [1.54, 1.807) is 0 Å². The maximum Gasteiger partial charge on any atom is 0.322 e. The quantitative estimate of drug-likeness (QED) is 0.857. The summed E-state index contributed by atoms with van der Waals surface area (Å²) in [6.45, 7) is 5.03. The summed E-state index contributed by atoms with van der Waals surface area (Å²) in [5, 5.41) is 3.03. The van der Waals surface area contributed by atoms with Crippen molar-refractivity contribution < 1.29 is 4.79 Å². The molecule has 0 aliphatic carbocycles. The molecule has 1 atom stereocenters. The van der Waals surface area contributed by atoms with Gasteiger partial charge in [-0.25, -0.2) is 4.79 Å². The fourth-order valence-electron chi connectivity index (χ4n) is 3.16. The van der Waals surface area contributed by atoms with E-state index in [0.29, 0.717) is 0 Å². The van der Waals surface area contributed by atoms with Gasteiger partial charge < -0.3 is 10.2 Å². The molecule has 1 heterocycles. The van der Waals surface area contributed by atoms with Crippen molar-refractivity contribution in [1.29, 1.82) is 0 Å². The number of anilines is 1. The number of hydrogen-bond acceptors (Lipinski definition) is 1. The topological polar surface area (TPSA) is 32.3 Å². The molecule has 0 radical (unpaired) electrons. The largest absolute Gasteiger partial charge is 0.322 e. The number of hydrogen-bond donors (Lipinski definition) is 1. The highest BCUT2D eigenvalue weighted by atomic mass is 16.2. The number of aryl methyl sites for hydroxylation is 2. The lowest BCUT2D eigenvalue weighted by Gasteiger charge is -2.25. The number of rotatable bonds is 3. The summed E-state index contributed by atoms with van der Waals surface area (Å²) < 4.78 is 0. The first-order valence-electron chi connectivity index (χ1n) is 8.40. The van der Waals surface area contributed by atoms with Crippen LogP contribution in [0.5, 0.6) is 0 Å². The molecule has 1 aliphatic rings. The van der Waals surface area contributed by atoms with Gasteiger partial charge in [0.05, 0.1) is 6.04 Å². The van der Waals surface area contributed by atoms with E-state index in [4.69, 9.17) is 0 Å². The molecule has 1 N–H and O–H groups in total. The van der Waals surface area contributed by atoms with Gasteiger partial charge in [-0.1, -0.05) is 48.9 Å². The molecule has 1 fully saturated rings. The molecule has 120 valence electrons. The summed E-state index contributed by atoms with van der Waals surface area (Å²) in [5.74, 6) is 0. The van der Waals surface area contributed by atoms with Gasteiger partial charge in [-0.3, -0.25) is 0 Å². The lowest BCUT2D eigenvalue weighted by atomic mass is 10.0. The fraction of sp³-hybridized carbons (Fsp3) is 0.350. The predicted molar refractivity (Wildman–Crippen MR) is 94.7 cm³/mol. The molecule has 3 nitrogen and oxygen atoms in total. The smallest absolute Gasteiger partial charge is 0.317 e. The molecule has 2 amide bonds. The van der Waals surface area contributed by atoms with Crippen molar-refractivity contribution in [2.75, 3.05) is 11.9 Å². The third kappa shape index (κ3) is 3.55. The number of carbonyl (C=O) groups is 1. The van der Waals surface area contributed by atoms with Gasteiger partial charge in [-0.2, -0.15) is 0 Å². The van der Waals surface area contributed by atoms with Crippen molar-refractivity contribution in [2.24, 2.45) is 0 Å². The number of urea groups is 1. The van der Waals surface area contributed by atoms with Gasteiger partial charge in [-0.05, 0) is 49.4 Å². The summed E-state index contributed by atoms with van der Waals surface area (Å²) in [6.07, 6.45) is 3.10. The van der Waals surface area contributed by atoms with Gasteiger partial charge in [0, 0.05) is 12.2 Å². The fourth-order valence-corrected chi connectivity index (χ4v) is 3.16. The maximum atomic E-state index is 12.6. The average molecular weight is 308 g/mol. The van der Waals surface area contributed by atoms with Crippen LogP contribution in [-0.4, -0.2) is 17.5 Å². The Morgan fingerprint density at radius 2 is 1.83 bits per heavy atom. The van der Waals surface area contributed by atoms with Crippen LogP contribution in [0.4, 0.5) is 10.5 Å². The van der Waals surface area contributed by atoms with Gasteiger partial charge in [-0.15, -0.1) is 0 Å². The molecule has 1 saturated heterocycles. The molecule has 0 saturated carbocycles. The Labute approximate surface area is 138 Å². The van der Waals surface area contributed by atoms with E-state index in [2.05, 4.69) is 55.6 Å². The normalized spacial score (nSPS) is 17.3. The number of nitrogens with zero attached hydrogens (tertiary/aromatic N) is 1. The minimum Gasteiger partial charge on any atom is -0.317 e. The molecule has 1 unspecified atom stereocenters. The SMILES string of the molecule is CCc1ccc(NC(=O)N2CCCC2c2ccc(C)cc2)cc1. The summed E-state index contributed by atoms with van der Waals surface area (Å²) >= 11 is 0. The predicted octanol–water partition coefficient (Wildman–Crippen LogP) is 4.93. The third-order valence-corrected chi connectivity index (χ3v) is 4.59. The van der Waals surface area contributed by atoms with Crippen molar-refractivity contribution in [3.8, 4) is 0 Å². The summed E-state index contributed by atoms with van der Waals surface area (Å²) in [5.41, 5.74) is 4.62. The van der Waals surface area contributed by atoms with Crippen LogP contribution in [0.15, 0.2) is 48.5 Å². The Morgan fingerprint density at radius 1 is 1.13 bits per heavy atom. The Kier molecular flexibility index (Phi) is 4.65.